The van der Waals surface area contributed by atoms with Gasteiger partial charge in [0.15, 0.2) is 9.84 Å². The number of amides is 1. The van der Waals surface area contributed by atoms with E-state index in [4.69, 9.17) is 5.11 Å². The standard InChI is InChI=1S/C13H24N2O5S/c1-12(2,3)15(8-11(17)18)7-10(16)14-13(4)5-6-21(19,20)9-13/h5-9H2,1-4H3,(H,14,16)(H,17,18). The molecule has 1 atom stereocenters. The van der Waals surface area contributed by atoms with Gasteiger partial charge in [0.2, 0.25) is 5.91 Å². The average Bonchev–Trinajstić information content (AvgIpc) is 2.49. The number of aliphatic carboxylic acids is 1. The third-order valence-electron chi connectivity index (χ3n) is 3.55. The molecule has 1 fully saturated rings. The van der Waals surface area contributed by atoms with Crippen LogP contribution < -0.4 is 5.32 Å². The minimum absolute atomic E-state index is 0.0693. The molecule has 1 heterocycles. The first-order chi connectivity index (χ1) is 9.33. The molecule has 0 aromatic rings. The highest BCUT2D eigenvalue weighted by molar-refractivity contribution is 7.91. The number of rotatable bonds is 5. The molecular formula is C13H24N2O5S. The summed E-state index contributed by atoms with van der Waals surface area (Å²) in [7, 11) is -3.10. The molecule has 1 rings (SSSR count). The van der Waals surface area contributed by atoms with Crippen LogP contribution in [-0.2, 0) is 19.4 Å². The summed E-state index contributed by atoms with van der Waals surface area (Å²) in [6.07, 6.45) is 0.384. The van der Waals surface area contributed by atoms with Crippen LogP contribution in [0.25, 0.3) is 0 Å². The fraction of sp³-hybridized carbons (Fsp3) is 0.846. The van der Waals surface area contributed by atoms with Gasteiger partial charge in [0, 0.05) is 5.54 Å². The first-order valence-corrected chi connectivity index (χ1v) is 8.63. The van der Waals surface area contributed by atoms with Crippen molar-refractivity contribution in [2.75, 3.05) is 24.6 Å². The van der Waals surface area contributed by atoms with Gasteiger partial charge >= 0.3 is 5.97 Å². The lowest BCUT2D eigenvalue weighted by Gasteiger charge is -2.35. The monoisotopic (exact) mass is 320 g/mol. The molecule has 21 heavy (non-hydrogen) atoms. The quantitative estimate of drug-likeness (QED) is 0.731. The molecule has 0 spiro atoms. The highest BCUT2D eigenvalue weighted by atomic mass is 32.2. The summed E-state index contributed by atoms with van der Waals surface area (Å²) >= 11 is 0. The average molecular weight is 320 g/mol. The molecular weight excluding hydrogens is 296 g/mol. The molecule has 2 N–H and O–H groups in total. The van der Waals surface area contributed by atoms with Crippen molar-refractivity contribution in [3.63, 3.8) is 0 Å². The van der Waals surface area contributed by atoms with Gasteiger partial charge in [-0.1, -0.05) is 0 Å². The first-order valence-electron chi connectivity index (χ1n) is 6.81. The predicted molar refractivity (Wildman–Crippen MR) is 78.8 cm³/mol. The summed E-state index contributed by atoms with van der Waals surface area (Å²) in [5.74, 6) is -1.36. The highest BCUT2D eigenvalue weighted by Crippen LogP contribution is 2.23. The number of sulfone groups is 1. The Hall–Kier alpha value is -1.15. The molecule has 0 saturated carbocycles. The van der Waals surface area contributed by atoms with E-state index in [1.54, 1.807) is 6.92 Å². The van der Waals surface area contributed by atoms with Crippen LogP contribution in [0.15, 0.2) is 0 Å². The highest BCUT2D eigenvalue weighted by Gasteiger charge is 2.40. The van der Waals surface area contributed by atoms with E-state index in [1.165, 1.54) is 4.90 Å². The Morgan fingerprint density at radius 2 is 1.86 bits per heavy atom. The molecule has 122 valence electrons. The van der Waals surface area contributed by atoms with Crippen LogP contribution in [0.5, 0.6) is 0 Å². The second kappa shape index (κ2) is 5.92. The number of hydrogen-bond donors (Lipinski definition) is 2. The lowest BCUT2D eigenvalue weighted by Crippen LogP contribution is -2.54. The molecule has 1 aliphatic heterocycles. The van der Waals surface area contributed by atoms with Crippen molar-refractivity contribution in [2.24, 2.45) is 0 Å². The molecule has 1 saturated heterocycles. The molecule has 0 aromatic heterocycles. The van der Waals surface area contributed by atoms with Crippen molar-refractivity contribution in [3.8, 4) is 0 Å². The van der Waals surface area contributed by atoms with Gasteiger partial charge in [-0.15, -0.1) is 0 Å². The van der Waals surface area contributed by atoms with E-state index in [0.717, 1.165) is 0 Å². The number of carboxylic acids is 1. The predicted octanol–water partition coefficient (Wildman–Crippen LogP) is -0.135. The van der Waals surface area contributed by atoms with Crippen LogP contribution in [0.3, 0.4) is 0 Å². The number of carboxylic acid groups (broad SMARTS) is 1. The van der Waals surface area contributed by atoms with Gasteiger partial charge in [-0.3, -0.25) is 14.5 Å². The van der Waals surface area contributed by atoms with Gasteiger partial charge in [-0.05, 0) is 34.1 Å². The molecule has 0 bridgehead atoms. The molecule has 8 heteroatoms. The van der Waals surface area contributed by atoms with Gasteiger partial charge in [0.25, 0.3) is 0 Å². The Kier molecular flexibility index (Phi) is 5.05. The maximum absolute atomic E-state index is 12.1. The number of carbonyl (C=O) groups excluding carboxylic acids is 1. The molecule has 1 amide bonds. The van der Waals surface area contributed by atoms with Crippen molar-refractivity contribution in [3.05, 3.63) is 0 Å². The largest absolute Gasteiger partial charge is 0.480 e. The lowest BCUT2D eigenvalue weighted by molar-refractivity contribution is -0.140. The van der Waals surface area contributed by atoms with E-state index in [-0.39, 0.29) is 30.5 Å². The van der Waals surface area contributed by atoms with Gasteiger partial charge in [-0.25, -0.2) is 8.42 Å². The minimum atomic E-state index is -3.10. The number of hydrogen-bond acceptors (Lipinski definition) is 5. The van der Waals surface area contributed by atoms with Crippen LogP contribution >= 0.6 is 0 Å². The third kappa shape index (κ3) is 5.62. The van der Waals surface area contributed by atoms with Crippen molar-refractivity contribution in [1.29, 1.82) is 0 Å². The van der Waals surface area contributed by atoms with Crippen molar-refractivity contribution in [2.45, 2.75) is 45.2 Å². The summed E-state index contributed by atoms with van der Waals surface area (Å²) in [5.41, 5.74) is -1.24. The summed E-state index contributed by atoms with van der Waals surface area (Å²) in [6, 6.07) is 0. The van der Waals surface area contributed by atoms with Gasteiger partial charge in [-0.2, -0.15) is 0 Å². The Labute approximate surface area is 125 Å². The van der Waals surface area contributed by atoms with E-state index < -0.39 is 26.9 Å². The van der Waals surface area contributed by atoms with Crippen LogP contribution in [0, 0.1) is 0 Å². The number of nitrogens with one attached hydrogen (secondary N) is 1. The van der Waals surface area contributed by atoms with Crippen LogP contribution in [0.1, 0.15) is 34.1 Å². The van der Waals surface area contributed by atoms with Gasteiger partial charge in [0.05, 0.1) is 30.1 Å². The van der Waals surface area contributed by atoms with Gasteiger partial charge in [0.1, 0.15) is 0 Å². The van der Waals surface area contributed by atoms with Gasteiger partial charge < -0.3 is 10.4 Å². The molecule has 0 radical (unpaired) electrons. The lowest BCUT2D eigenvalue weighted by atomic mass is 10.0. The Balaban J connectivity index is 2.69. The molecule has 1 aliphatic rings. The zero-order valence-electron chi connectivity index (χ0n) is 13.0. The van der Waals surface area contributed by atoms with E-state index in [2.05, 4.69) is 5.32 Å². The van der Waals surface area contributed by atoms with E-state index in [0.29, 0.717) is 6.42 Å². The van der Waals surface area contributed by atoms with Crippen LogP contribution in [0.2, 0.25) is 0 Å². The maximum Gasteiger partial charge on any atom is 0.317 e. The number of carbonyl (C=O) groups is 2. The fourth-order valence-corrected chi connectivity index (χ4v) is 4.45. The second-order valence-electron chi connectivity index (χ2n) is 6.87. The summed E-state index contributed by atoms with van der Waals surface area (Å²) < 4.78 is 23.0. The van der Waals surface area contributed by atoms with Crippen LogP contribution in [-0.4, -0.2) is 66.0 Å². The van der Waals surface area contributed by atoms with E-state index in [1.807, 2.05) is 20.8 Å². The molecule has 1 unspecified atom stereocenters. The molecule has 7 nitrogen and oxygen atoms in total. The Morgan fingerprint density at radius 3 is 2.24 bits per heavy atom. The Morgan fingerprint density at radius 1 is 1.29 bits per heavy atom. The zero-order chi connectivity index (χ0) is 16.5. The Bertz CT molecular complexity index is 523. The van der Waals surface area contributed by atoms with Crippen LogP contribution in [0.4, 0.5) is 0 Å². The smallest absolute Gasteiger partial charge is 0.317 e. The normalized spacial score (nSPS) is 25.0. The third-order valence-corrected chi connectivity index (χ3v) is 5.46. The van der Waals surface area contributed by atoms with Crippen molar-refractivity contribution in [1.82, 2.24) is 10.2 Å². The number of nitrogens with zero attached hydrogens (tertiary/aromatic N) is 1. The zero-order valence-corrected chi connectivity index (χ0v) is 13.8. The summed E-state index contributed by atoms with van der Waals surface area (Å²) in [6.45, 7) is 6.85. The summed E-state index contributed by atoms with van der Waals surface area (Å²) in [4.78, 5) is 24.5. The minimum Gasteiger partial charge on any atom is -0.480 e. The molecule has 0 aliphatic carbocycles. The summed E-state index contributed by atoms with van der Waals surface area (Å²) in [5, 5.41) is 11.6. The van der Waals surface area contributed by atoms with Crippen molar-refractivity contribution >= 4 is 21.7 Å². The second-order valence-corrected chi connectivity index (χ2v) is 9.06. The van der Waals surface area contributed by atoms with E-state index in [9.17, 15) is 18.0 Å². The maximum atomic E-state index is 12.1. The topological polar surface area (TPSA) is 104 Å². The fourth-order valence-electron chi connectivity index (χ4n) is 2.35. The SMILES string of the molecule is CC1(NC(=O)CN(CC(=O)O)C(C)(C)C)CCS(=O)(=O)C1. The van der Waals surface area contributed by atoms with Crippen molar-refractivity contribution < 1.29 is 23.1 Å². The van der Waals surface area contributed by atoms with E-state index >= 15 is 0 Å². The first kappa shape index (κ1) is 17.9. The molecule has 0 aromatic carbocycles.